The summed E-state index contributed by atoms with van der Waals surface area (Å²) in [7, 11) is -2.94. The first-order valence-corrected chi connectivity index (χ1v) is 15.9. The third-order valence-corrected chi connectivity index (χ3v) is 7.12. The summed E-state index contributed by atoms with van der Waals surface area (Å²) in [6.07, 6.45) is 20.0. The van der Waals surface area contributed by atoms with Crippen LogP contribution in [0.5, 0.6) is 0 Å². The topological polar surface area (TPSA) is 119 Å². The highest BCUT2D eigenvalue weighted by Crippen LogP contribution is 2.11. The van der Waals surface area contributed by atoms with Crippen LogP contribution in [0.1, 0.15) is 117 Å². The van der Waals surface area contributed by atoms with E-state index in [1.807, 2.05) is 7.05 Å². The number of carbonyl (C=O) groups is 2. The first-order valence-electron chi connectivity index (χ1n) is 14.4. The van der Waals surface area contributed by atoms with Crippen LogP contribution in [-0.4, -0.2) is 47.9 Å². The number of rotatable bonds is 21. The van der Waals surface area contributed by atoms with Gasteiger partial charge in [-0.05, 0) is 19.3 Å². The van der Waals surface area contributed by atoms with Crippen molar-refractivity contribution in [1.82, 2.24) is 4.57 Å². The maximum Gasteiger partial charge on any atom is 0.323 e. The van der Waals surface area contributed by atoms with Crippen LogP contribution in [0.2, 0.25) is 0 Å². The monoisotopic (exact) mass is 560 g/mol. The molecule has 1 heterocycles. The van der Waals surface area contributed by atoms with Gasteiger partial charge in [0.2, 0.25) is 6.33 Å². The highest BCUT2D eigenvalue weighted by Gasteiger charge is 2.30. The van der Waals surface area contributed by atoms with E-state index in [-0.39, 0.29) is 13.2 Å². The summed E-state index contributed by atoms with van der Waals surface area (Å²) in [4.78, 5) is 23.7. The molecule has 38 heavy (non-hydrogen) atoms. The molecule has 1 unspecified atom stereocenters. The highest BCUT2D eigenvalue weighted by molar-refractivity contribution is 7.87. The van der Waals surface area contributed by atoms with Crippen LogP contribution in [0.4, 0.5) is 0 Å². The fraction of sp³-hybridized carbons (Fsp3) is 0.821. The zero-order valence-electron chi connectivity index (χ0n) is 24.2. The lowest BCUT2D eigenvalue weighted by Crippen LogP contribution is -2.34. The van der Waals surface area contributed by atoms with E-state index in [4.69, 9.17) is 9.47 Å². The van der Waals surface area contributed by atoms with Crippen LogP contribution in [0.3, 0.4) is 0 Å². The van der Waals surface area contributed by atoms with Gasteiger partial charge in [-0.3, -0.25) is 9.59 Å². The first-order chi connectivity index (χ1) is 18.1. The third-order valence-electron chi connectivity index (χ3n) is 6.06. The summed E-state index contributed by atoms with van der Waals surface area (Å²) >= 11 is 0. The molecule has 0 saturated carbocycles. The normalized spacial score (nSPS) is 11.9. The minimum Gasteiger partial charge on any atom is -0.747 e. The Morgan fingerprint density at radius 1 is 0.816 bits per heavy atom. The number of nitrogens with zero attached hydrogens (tertiary/aromatic N) is 2. The Morgan fingerprint density at radius 3 is 1.79 bits per heavy atom. The molecule has 1 aromatic heterocycles. The van der Waals surface area contributed by atoms with Crippen molar-refractivity contribution in [2.24, 2.45) is 7.05 Å². The van der Waals surface area contributed by atoms with Crippen LogP contribution in [0.15, 0.2) is 18.7 Å². The lowest BCUT2D eigenvalue weighted by molar-refractivity contribution is -0.671. The molecule has 0 aromatic carbocycles. The van der Waals surface area contributed by atoms with Crippen molar-refractivity contribution in [1.29, 1.82) is 0 Å². The largest absolute Gasteiger partial charge is 0.747 e. The van der Waals surface area contributed by atoms with Crippen molar-refractivity contribution in [2.45, 2.75) is 129 Å². The SMILES string of the molecule is CCCCCCCCOC(=O)CC(C(=O)OCCCCCCCC)S(=O)(=O)[O-].CCCCn1cc[n+](C)c1. The standard InChI is InChI=1S/C20H38O7S.C8H15N2/c1-3-5-7-9-11-13-15-26-19(21)17-18(28(23,24)25)20(22)27-16-14-12-10-8-6-4-2;1-3-4-5-10-7-6-9(2)8-10/h18H,3-17H2,1-2H3,(H,23,24,25);6-8H,3-5H2,1-2H3/q;+1/p-1. The van der Waals surface area contributed by atoms with Gasteiger partial charge < -0.3 is 14.0 Å². The van der Waals surface area contributed by atoms with Gasteiger partial charge in [0.15, 0.2) is 5.25 Å². The van der Waals surface area contributed by atoms with E-state index in [1.54, 1.807) is 0 Å². The van der Waals surface area contributed by atoms with Gasteiger partial charge in [-0.15, -0.1) is 0 Å². The Bertz CT molecular complexity index is 840. The molecule has 0 aliphatic rings. The lowest BCUT2D eigenvalue weighted by Gasteiger charge is -2.18. The van der Waals surface area contributed by atoms with Crippen LogP contribution in [0.25, 0.3) is 0 Å². The second-order valence-electron chi connectivity index (χ2n) is 9.78. The Morgan fingerprint density at radius 2 is 1.32 bits per heavy atom. The molecule has 0 N–H and O–H groups in total. The number of aromatic nitrogens is 2. The average molecular weight is 561 g/mol. The smallest absolute Gasteiger partial charge is 0.323 e. The molecular weight excluding hydrogens is 508 g/mol. The zero-order valence-corrected chi connectivity index (χ0v) is 25.0. The Hall–Kier alpha value is -1.94. The number of imidazole rings is 1. The molecule has 1 rings (SSSR count). The molecule has 9 nitrogen and oxygen atoms in total. The van der Waals surface area contributed by atoms with E-state index in [1.165, 1.54) is 19.3 Å². The average Bonchev–Trinajstić information content (AvgIpc) is 3.29. The van der Waals surface area contributed by atoms with Crippen molar-refractivity contribution in [3.05, 3.63) is 18.7 Å². The Labute approximate surface area is 231 Å². The molecule has 0 amide bonds. The third kappa shape index (κ3) is 20.1. The maximum atomic E-state index is 11.9. The number of unbranched alkanes of at least 4 members (excludes halogenated alkanes) is 11. The maximum absolute atomic E-state index is 11.9. The summed E-state index contributed by atoms with van der Waals surface area (Å²) in [5.74, 6) is -2.03. The molecule has 1 atom stereocenters. The molecule has 10 heteroatoms. The predicted molar refractivity (Wildman–Crippen MR) is 147 cm³/mol. The van der Waals surface area contributed by atoms with E-state index in [0.717, 1.165) is 64.3 Å². The molecule has 1 aromatic rings. The van der Waals surface area contributed by atoms with Crippen molar-refractivity contribution in [3.63, 3.8) is 0 Å². The summed E-state index contributed by atoms with van der Waals surface area (Å²) in [6, 6.07) is 0. The second kappa shape index (κ2) is 23.0. The molecular formula is C28H52N2O7S. The van der Waals surface area contributed by atoms with Crippen molar-refractivity contribution >= 4 is 22.1 Å². The van der Waals surface area contributed by atoms with Gasteiger partial charge in [0.25, 0.3) is 0 Å². The molecule has 0 fully saturated rings. The number of hydrogen-bond acceptors (Lipinski definition) is 7. The fourth-order valence-electron chi connectivity index (χ4n) is 3.70. The number of hydrogen-bond donors (Lipinski definition) is 0. The summed E-state index contributed by atoms with van der Waals surface area (Å²) in [6.45, 7) is 7.80. The summed E-state index contributed by atoms with van der Waals surface area (Å²) in [5, 5.41) is -2.04. The van der Waals surface area contributed by atoms with Gasteiger partial charge in [0, 0.05) is 0 Å². The van der Waals surface area contributed by atoms with E-state index >= 15 is 0 Å². The first kappa shape index (κ1) is 36.1. The fourth-order valence-corrected chi connectivity index (χ4v) is 4.35. The predicted octanol–water partition coefficient (Wildman–Crippen LogP) is 5.21. The number of carbonyl (C=O) groups excluding carboxylic acids is 2. The Kier molecular flexibility index (Phi) is 21.8. The molecule has 222 valence electrons. The van der Waals surface area contributed by atoms with E-state index < -0.39 is 33.7 Å². The molecule has 0 radical (unpaired) electrons. The minimum atomic E-state index is -4.98. The quantitative estimate of drug-likeness (QED) is 0.0876. The Balaban J connectivity index is 0.00000113. The molecule has 0 saturated heterocycles. The van der Waals surface area contributed by atoms with Crippen molar-refractivity contribution in [3.8, 4) is 0 Å². The summed E-state index contributed by atoms with van der Waals surface area (Å²) in [5.41, 5.74) is 0. The number of ether oxygens (including phenoxy) is 2. The van der Waals surface area contributed by atoms with Crippen LogP contribution in [0, 0.1) is 0 Å². The lowest BCUT2D eigenvalue weighted by atomic mass is 10.1. The van der Waals surface area contributed by atoms with Gasteiger partial charge in [0.1, 0.15) is 22.5 Å². The van der Waals surface area contributed by atoms with E-state index in [9.17, 15) is 22.6 Å². The molecule has 0 bridgehead atoms. The molecule has 0 spiro atoms. The highest BCUT2D eigenvalue weighted by atomic mass is 32.2. The van der Waals surface area contributed by atoms with Crippen LogP contribution in [-0.2, 0) is 42.8 Å². The zero-order chi connectivity index (χ0) is 28.7. The molecule has 0 aliphatic carbocycles. The van der Waals surface area contributed by atoms with Gasteiger partial charge in [-0.2, -0.15) is 0 Å². The number of esters is 2. The van der Waals surface area contributed by atoms with E-state index in [0.29, 0.717) is 12.8 Å². The van der Waals surface area contributed by atoms with Crippen molar-refractivity contribution < 1.29 is 36.6 Å². The van der Waals surface area contributed by atoms with Crippen molar-refractivity contribution in [2.75, 3.05) is 13.2 Å². The summed E-state index contributed by atoms with van der Waals surface area (Å²) < 4.78 is 48.1. The van der Waals surface area contributed by atoms with Gasteiger partial charge >= 0.3 is 11.9 Å². The second-order valence-corrected chi connectivity index (χ2v) is 11.3. The minimum absolute atomic E-state index is 0.0454. The molecule has 0 aliphatic heterocycles. The number of aryl methyl sites for hydroxylation is 2. The van der Waals surface area contributed by atoms with Crippen LogP contribution >= 0.6 is 0 Å². The van der Waals surface area contributed by atoms with Crippen LogP contribution < -0.4 is 4.57 Å². The van der Waals surface area contributed by atoms with Gasteiger partial charge in [-0.25, -0.2) is 17.6 Å². The van der Waals surface area contributed by atoms with E-state index in [2.05, 4.69) is 48.6 Å². The van der Waals surface area contributed by atoms with Gasteiger partial charge in [-0.1, -0.05) is 91.4 Å². The van der Waals surface area contributed by atoms with Gasteiger partial charge in [0.05, 0.1) is 33.2 Å².